The lowest BCUT2D eigenvalue weighted by molar-refractivity contribution is -0.122. The minimum atomic E-state index is 0.0121. The number of hydrogen-bond donors (Lipinski definition) is 2. The third-order valence-corrected chi connectivity index (χ3v) is 6.29. The van der Waals surface area contributed by atoms with Crippen LogP contribution in [0.2, 0.25) is 0 Å². The van der Waals surface area contributed by atoms with E-state index in [0.717, 1.165) is 28.1 Å². The third-order valence-electron chi connectivity index (χ3n) is 4.82. The lowest BCUT2D eigenvalue weighted by Gasteiger charge is -2.07. The zero-order chi connectivity index (χ0) is 20.6. The minimum absolute atomic E-state index is 0.0121. The Morgan fingerprint density at radius 1 is 0.966 bits per heavy atom. The Morgan fingerprint density at radius 2 is 1.55 bits per heavy atom. The summed E-state index contributed by atoms with van der Waals surface area (Å²) < 4.78 is 1.87. The maximum Gasteiger partial charge on any atom is 0.222 e. The van der Waals surface area contributed by atoms with Crippen LogP contribution in [0.5, 0.6) is 0 Å². The molecule has 0 bridgehead atoms. The molecule has 0 atom stereocenters. The summed E-state index contributed by atoms with van der Waals surface area (Å²) in [4.78, 5) is 24.2. The van der Waals surface area contributed by atoms with Gasteiger partial charge in [-0.25, -0.2) is 0 Å². The Kier molecular flexibility index (Phi) is 7.60. The molecule has 2 N–H and O–H groups in total. The van der Waals surface area contributed by atoms with Gasteiger partial charge < -0.3 is 10.6 Å². The molecule has 0 aliphatic rings. The molecule has 8 heteroatoms. The van der Waals surface area contributed by atoms with E-state index in [-0.39, 0.29) is 11.8 Å². The second-order valence-corrected chi connectivity index (χ2v) is 8.50. The highest BCUT2D eigenvalue weighted by Gasteiger charge is 2.14. The van der Waals surface area contributed by atoms with Crippen LogP contribution in [0.1, 0.15) is 40.9 Å². The predicted octanol–water partition coefficient (Wildman–Crippen LogP) is 3.58. The zero-order valence-corrected chi connectivity index (χ0v) is 18.4. The maximum absolute atomic E-state index is 12.1. The Bertz CT molecular complexity index is 930. The molecule has 0 unspecified atom stereocenters. The van der Waals surface area contributed by atoms with E-state index in [1.807, 2.05) is 52.2 Å². The van der Waals surface area contributed by atoms with Crippen molar-refractivity contribution in [1.82, 2.24) is 20.4 Å². The molecule has 3 rings (SSSR count). The molecule has 0 saturated carbocycles. The van der Waals surface area contributed by atoms with E-state index in [1.165, 1.54) is 0 Å². The number of carbonyl (C=O) groups is 2. The van der Waals surface area contributed by atoms with Gasteiger partial charge in [0, 0.05) is 38.2 Å². The van der Waals surface area contributed by atoms with Crippen molar-refractivity contribution >= 4 is 34.5 Å². The molecule has 3 aromatic heterocycles. The fourth-order valence-electron chi connectivity index (χ4n) is 3.12. The van der Waals surface area contributed by atoms with Gasteiger partial charge in [-0.1, -0.05) is 0 Å². The van der Waals surface area contributed by atoms with Gasteiger partial charge in [-0.05, 0) is 70.6 Å². The van der Waals surface area contributed by atoms with E-state index >= 15 is 0 Å². The average Bonchev–Trinajstić information content (AvgIpc) is 3.45. The van der Waals surface area contributed by atoms with Crippen molar-refractivity contribution in [2.45, 2.75) is 52.7 Å². The van der Waals surface area contributed by atoms with Crippen molar-refractivity contribution in [1.29, 1.82) is 0 Å². The first-order valence-corrected chi connectivity index (χ1v) is 11.5. The standard InChI is InChI=1S/C21H26N4O2S2/c1-15-19(3-4-20(26)22-11-17-6-9-28-13-17)16(2)25(24-15)8-5-21(27)23-12-18-7-10-29-14-18/h6-7,9-10,13-14H,3-5,8,11-12H2,1-2H3,(H,22,26)(H,23,27). The Morgan fingerprint density at radius 3 is 2.10 bits per heavy atom. The molecule has 3 heterocycles. The molecular formula is C21H26N4O2S2. The van der Waals surface area contributed by atoms with Crippen molar-refractivity contribution in [3.63, 3.8) is 0 Å². The molecule has 29 heavy (non-hydrogen) atoms. The molecule has 0 fully saturated rings. The van der Waals surface area contributed by atoms with Crippen molar-refractivity contribution in [2.75, 3.05) is 0 Å². The number of nitrogens with one attached hydrogen (secondary N) is 2. The number of nitrogens with zero attached hydrogens (tertiary/aromatic N) is 2. The number of carbonyl (C=O) groups excluding carboxylic acids is 2. The van der Waals surface area contributed by atoms with Gasteiger partial charge in [-0.15, -0.1) is 0 Å². The van der Waals surface area contributed by atoms with Gasteiger partial charge in [-0.2, -0.15) is 27.8 Å². The van der Waals surface area contributed by atoms with Gasteiger partial charge in [0.1, 0.15) is 0 Å². The lowest BCUT2D eigenvalue weighted by atomic mass is 10.1. The Balaban J connectivity index is 1.44. The van der Waals surface area contributed by atoms with Crippen LogP contribution in [0.25, 0.3) is 0 Å². The largest absolute Gasteiger partial charge is 0.352 e. The van der Waals surface area contributed by atoms with E-state index in [0.29, 0.717) is 38.9 Å². The van der Waals surface area contributed by atoms with Gasteiger partial charge >= 0.3 is 0 Å². The van der Waals surface area contributed by atoms with Gasteiger partial charge in [0.05, 0.1) is 5.69 Å². The molecule has 0 aliphatic carbocycles. The van der Waals surface area contributed by atoms with Crippen molar-refractivity contribution in [2.24, 2.45) is 0 Å². The first-order chi connectivity index (χ1) is 14.0. The highest BCUT2D eigenvalue weighted by molar-refractivity contribution is 7.08. The quantitative estimate of drug-likeness (QED) is 0.516. The highest BCUT2D eigenvalue weighted by Crippen LogP contribution is 2.16. The fourth-order valence-corrected chi connectivity index (χ4v) is 4.46. The molecular weight excluding hydrogens is 404 g/mol. The van der Waals surface area contributed by atoms with E-state index in [9.17, 15) is 9.59 Å². The third kappa shape index (κ3) is 6.27. The highest BCUT2D eigenvalue weighted by atomic mass is 32.1. The van der Waals surface area contributed by atoms with Crippen LogP contribution < -0.4 is 10.6 Å². The SMILES string of the molecule is Cc1nn(CCC(=O)NCc2ccsc2)c(C)c1CCC(=O)NCc1ccsc1. The molecule has 0 saturated heterocycles. The van der Waals surface area contributed by atoms with Crippen LogP contribution in [0.4, 0.5) is 0 Å². The molecule has 0 radical (unpaired) electrons. The summed E-state index contributed by atoms with van der Waals surface area (Å²) >= 11 is 3.25. The van der Waals surface area contributed by atoms with Crippen molar-refractivity contribution in [3.05, 3.63) is 61.7 Å². The molecule has 2 amide bonds. The second kappa shape index (κ2) is 10.4. The molecule has 3 aromatic rings. The van der Waals surface area contributed by atoms with E-state index in [2.05, 4.69) is 15.7 Å². The molecule has 0 aliphatic heterocycles. The summed E-state index contributed by atoms with van der Waals surface area (Å²) in [5, 5.41) is 18.5. The topological polar surface area (TPSA) is 76.0 Å². The van der Waals surface area contributed by atoms with Crippen LogP contribution in [-0.2, 0) is 35.6 Å². The van der Waals surface area contributed by atoms with Crippen LogP contribution in [0.3, 0.4) is 0 Å². The summed E-state index contributed by atoms with van der Waals surface area (Å²) in [5.74, 6) is 0.0497. The van der Waals surface area contributed by atoms with E-state index in [1.54, 1.807) is 22.7 Å². The predicted molar refractivity (Wildman–Crippen MR) is 117 cm³/mol. The van der Waals surface area contributed by atoms with E-state index < -0.39 is 0 Å². The van der Waals surface area contributed by atoms with Crippen LogP contribution in [-0.4, -0.2) is 21.6 Å². The smallest absolute Gasteiger partial charge is 0.222 e. The van der Waals surface area contributed by atoms with Gasteiger partial charge in [0.25, 0.3) is 0 Å². The zero-order valence-electron chi connectivity index (χ0n) is 16.7. The summed E-state index contributed by atoms with van der Waals surface area (Å²) in [6.45, 7) is 5.62. The van der Waals surface area contributed by atoms with Gasteiger partial charge in [0.15, 0.2) is 0 Å². The van der Waals surface area contributed by atoms with Crippen LogP contribution in [0, 0.1) is 13.8 Å². The number of hydrogen-bond acceptors (Lipinski definition) is 5. The van der Waals surface area contributed by atoms with Crippen LogP contribution in [0.15, 0.2) is 33.7 Å². The second-order valence-electron chi connectivity index (χ2n) is 6.94. The molecule has 0 spiro atoms. The molecule has 154 valence electrons. The summed E-state index contributed by atoms with van der Waals surface area (Å²) in [6, 6.07) is 4.02. The van der Waals surface area contributed by atoms with Crippen LogP contribution >= 0.6 is 22.7 Å². The lowest BCUT2D eigenvalue weighted by Crippen LogP contribution is -2.24. The van der Waals surface area contributed by atoms with Gasteiger partial charge in [-0.3, -0.25) is 14.3 Å². The van der Waals surface area contributed by atoms with E-state index in [4.69, 9.17) is 0 Å². The number of aryl methyl sites for hydroxylation is 2. The number of thiophene rings is 2. The maximum atomic E-state index is 12.1. The van der Waals surface area contributed by atoms with Gasteiger partial charge in [0.2, 0.25) is 11.8 Å². The number of aromatic nitrogens is 2. The summed E-state index contributed by atoms with van der Waals surface area (Å²) in [5.41, 5.74) is 5.29. The first kappa shape index (κ1) is 21.3. The average molecular weight is 431 g/mol. The molecule has 6 nitrogen and oxygen atoms in total. The Hall–Kier alpha value is -2.45. The fraction of sp³-hybridized carbons (Fsp3) is 0.381. The monoisotopic (exact) mass is 430 g/mol. The van der Waals surface area contributed by atoms with Crippen molar-refractivity contribution in [3.8, 4) is 0 Å². The van der Waals surface area contributed by atoms with Crippen molar-refractivity contribution < 1.29 is 9.59 Å². The first-order valence-electron chi connectivity index (χ1n) is 9.61. The summed E-state index contributed by atoms with van der Waals surface area (Å²) in [6.07, 6.45) is 1.46. The number of rotatable bonds is 10. The minimum Gasteiger partial charge on any atom is -0.352 e. The summed E-state index contributed by atoms with van der Waals surface area (Å²) in [7, 11) is 0. The molecule has 0 aromatic carbocycles. The normalized spacial score (nSPS) is 10.8. The number of amides is 2. The Labute approximate surface area is 179 Å².